The molecule has 0 saturated heterocycles. The van der Waals surface area contributed by atoms with Gasteiger partial charge >= 0.3 is 0 Å². The summed E-state index contributed by atoms with van der Waals surface area (Å²) in [6.07, 6.45) is 0.923. The van der Waals surface area contributed by atoms with Crippen molar-refractivity contribution in [2.75, 3.05) is 26.4 Å². The molecule has 2 aromatic carbocycles. The largest absolute Gasteiger partial charge is 0.354 e. The predicted octanol–water partition coefficient (Wildman–Crippen LogP) is 3.86. The lowest BCUT2D eigenvalue weighted by Crippen LogP contribution is -2.42. The number of nitrogens with zero attached hydrogens (tertiary/aromatic N) is 1. The topological polar surface area (TPSA) is 32.3 Å². The lowest BCUT2D eigenvalue weighted by Gasteiger charge is -2.24. The highest BCUT2D eigenvalue weighted by Gasteiger charge is 2.13. The van der Waals surface area contributed by atoms with Gasteiger partial charge < -0.3 is 10.2 Å². The van der Waals surface area contributed by atoms with Crippen LogP contribution in [0.5, 0.6) is 0 Å². The Morgan fingerprint density at radius 1 is 1.08 bits per heavy atom. The van der Waals surface area contributed by atoms with Crippen LogP contribution in [0.25, 0.3) is 0 Å². The Kier molecular flexibility index (Phi) is 8.32. The quantitative estimate of drug-likeness (QED) is 0.721. The van der Waals surface area contributed by atoms with Gasteiger partial charge in [0, 0.05) is 23.4 Å². The van der Waals surface area contributed by atoms with Gasteiger partial charge in [-0.15, -0.1) is 11.8 Å². The number of carbonyl (C=O) groups is 1. The minimum Gasteiger partial charge on any atom is -0.354 e. The van der Waals surface area contributed by atoms with Gasteiger partial charge in [-0.1, -0.05) is 54.1 Å². The van der Waals surface area contributed by atoms with Gasteiger partial charge in [-0.3, -0.25) is 4.79 Å². The normalized spacial score (nSPS) is 12.2. The molecule has 2 rings (SSSR count). The number of carbonyl (C=O) groups excluding carboxylic acids is 1. The molecule has 1 unspecified atom stereocenters. The first kappa shape index (κ1) is 19.8. The highest BCUT2D eigenvalue weighted by Crippen LogP contribution is 2.15. The van der Waals surface area contributed by atoms with Crippen LogP contribution >= 0.6 is 23.4 Å². The lowest BCUT2D eigenvalue weighted by molar-refractivity contribution is -0.118. The van der Waals surface area contributed by atoms with Crippen LogP contribution in [0.3, 0.4) is 0 Å². The molecule has 1 atom stereocenters. The fourth-order valence-electron chi connectivity index (χ4n) is 2.45. The van der Waals surface area contributed by atoms with Crippen molar-refractivity contribution in [3.8, 4) is 0 Å². The highest BCUT2D eigenvalue weighted by atomic mass is 35.5. The fraction of sp³-hybridized carbons (Fsp3) is 0.350. The first-order chi connectivity index (χ1) is 12.0. The second kappa shape index (κ2) is 10.5. The summed E-state index contributed by atoms with van der Waals surface area (Å²) in [5, 5.41) is 3.79. The molecule has 5 heteroatoms. The standard InChI is InChI=1S/C20H25ClN2OS/c1-23(2)19(12-16-6-4-3-5-7-16)13-22-20(24)15-25-14-17-8-10-18(21)11-9-17/h3-11,19H,12-15H2,1-2H3,(H,22,24). The number of nitrogens with one attached hydrogen (secondary N) is 1. The molecule has 1 amide bonds. The molecule has 1 N–H and O–H groups in total. The van der Waals surface area contributed by atoms with E-state index in [4.69, 9.17) is 11.6 Å². The third kappa shape index (κ3) is 7.51. The van der Waals surface area contributed by atoms with Gasteiger partial charge in [0.2, 0.25) is 5.91 Å². The molecule has 0 aliphatic carbocycles. The maximum absolute atomic E-state index is 12.1. The SMILES string of the molecule is CN(C)C(CNC(=O)CSCc1ccc(Cl)cc1)Cc1ccccc1. The molecule has 0 bridgehead atoms. The summed E-state index contributed by atoms with van der Waals surface area (Å²) in [5.41, 5.74) is 2.46. The second-order valence-corrected chi connectivity index (χ2v) is 7.65. The smallest absolute Gasteiger partial charge is 0.230 e. The summed E-state index contributed by atoms with van der Waals surface area (Å²) < 4.78 is 0. The van der Waals surface area contributed by atoms with Gasteiger partial charge in [0.15, 0.2) is 0 Å². The summed E-state index contributed by atoms with van der Waals surface area (Å²) in [5.74, 6) is 1.36. The van der Waals surface area contributed by atoms with E-state index in [9.17, 15) is 4.79 Å². The fourth-order valence-corrected chi connectivity index (χ4v) is 3.39. The van der Waals surface area contributed by atoms with Crippen LogP contribution in [0.4, 0.5) is 0 Å². The minimum atomic E-state index is 0.0823. The van der Waals surface area contributed by atoms with E-state index >= 15 is 0 Å². The summed E-state index contributed by atoms with van der Waals surface area (Å²) in [4.78, 5) is 14.3. The van der Waals surface area contributed by atoms with Crippen molar-refractivity contribution in [2.24, 2.45) is 0 Å². The van der Waals surface area contributed by atoms with Gasteiger partial charge in [-0.2, -0.15) is 0 Å². The zero-order chi connectivity index (χ0) is 18.1. The zero-order valence-corrected chi connectivity index (χ0v) is 16.3. The molecule has 3 nitrogen and oxygen atoms in total. The summed E-state index contributed by atoms with van der Waals surface area (Å²) in [6, 6.07) is 18.4. The lowest BCUT2D eigenvalue weighted by atomic mass is 10.1. The molecular formula is C20H25ClN2OS. The highest BCUT2D eigenvalue weighted by molar-refractivity contribution is 7.99. The van der Waals surface area contributed by atoms with E-state index in [1.807, 2.05) is 42.5 Å². The Hall–Kier alpha value is -1.49. The monoisotopic (exact) mass is 376 g/mol. The molecule has 2 aromatic rings. The van der Waals surface area contributed by atoms with Crippen molar-refractivity contribution in [1.29, 1.82) is 0 Å². The third-order valence-electron chi connectivity index (χ3n) is 3.99. The van der Waals surface area contributed by atoms with E-state index in [1.54, 1.807) is 11.8 Å². The van der Waals surface area contributed by atoms with E-state index < -0.39 is 0 Å². The van der Waals surface area contributed by atoms with Crippen LogP contribution < -0.4 is 5.32 Å². The van der Waals surface area contributed by atoms with Crippen molar-refractivity contribution >= 4 is 29.3 Å². The van der Waals surface area contributed by atoms with Crippen LogP contribution in [-0.2, 0) is 17.0 Å². The van der Waals surface area contributed by atoms with Gasteiger partial charge in [0.1, 0.15) is 0 Å². The molecule has 0 saturated carbocycles. The summed E-state index contributed by atoms with van der Waals surface area (Å²) in [6.45, 7) is 0.655. The van der Waals surface area contributed by atoms with Crippen LogP contribution in [0, 0.1) is 0 Å². The number of hydrogen-bond acceptors (Lipinski definition) is 3. The molecule has 0 radical (unpaired) electrons. The molecule has 0 spiro atoms. The zero-order valence-electron chi connectivity index (χ0n) is 14.7. The van der Waals surface area contributed by atoms with E-state index in [0.717, 1.165) is 17.2 Å². The number of thioether (sulfide) groups is 1. The van der Waals surface area contributed by atoms with Crippen LogP contribution in [0.1, 0.15) is 11.1 Å². The third-order valence-corrected chi connectivity index (χ3v) is 5.25. The Labute approximate surface area is 159 Å². The maximum atomic E-state index is 12.1. The van der Waals surface area contributed by atoms with Crippen LogP contribution in [-0.4, -0.2) is 43.2 Å². The van der Waals surface area contributed by atoms with E-state index in [0.29, 0.717) is 12.3 Å². The second-order valence-electron chi connectivity index (χ2n) is 6.23. The number of likely N-dealkylation sites (N-methyl/N-ethyl adjacent to an activating group) is 1. The molecule has 0 heterocycles. The number of benzene rings is 2. The van der Waals surface area contributed by atoms with Crippen molar-refractivity contribution in [3.63, 3.8) is 0 Å². The first-order valence-electron chi connectivity index (χ1n) is 8.34. The first-order valence-corrected chi connectivity index (χ1v) is 9.87. The van der Waals surface area contributed by atoms with E-state index in [-0.39, 0.29) is 11.9 Å². The maximum Gasteiger partial charge on any atom is 0.230 e. The van der Waals surface area contributed by atoms with Crippen LogP contribution in [0.2, 0.25) is 5.02 Å². The van der Waals surface area contributed by atoms with Crippen molar-refractivity contribution in [3.05, 3.63) is 70.7 Å². The number of hydrogen-bond donors (Lipinski definition) is 1. The molecular weight excluding hydrogens is 352 g/mol. The Balaban J connectivity index is 1.72. The Bertz CT molecular complexity index is 647. The summed E-state index contributed by atoms with van der Waals surface area (Å²) >= 11 is 7.49. The average molecular weight is 377 g/mol. The average Bonchev–Trinajstić information content (AvgIpc) is 2.61. The molecule has 134 valence electrons. The summed E-state index contributed by atoms with van der Waals surface area (Å²) in [7, 11) is 4.10. The molecule has 0 aromatic heterocycles. The van der Waals surface area contributed by atoms with Gasteiger partial charge in [-0.05, 0) is 43.8 Å². The number of halogens is 1. The van der Waals surface area contributed by atoms with Gasteiger partial charge in [-0.25, -0.2) is 0 Å². The van der Waals surface area contributed by atoms with Crippen molar-refractivity contribution < 1.29 is 4.79 Å². The molecule has 0 aliphatic heterocycles. The van der Waals surface area contributed by atoms with Crippen molar-refractivity contribution in [1.82, 2.24) is 10.2 Å². The number of rotatable bonds is 9. The van der Waals surface area contributed by atoms with Crippen molar-refractivity contribution in [2.45, 2.75) is 18.2 Å². The van der Waals surface area contributed by atoms with E-state index in [1.165, 1.54) is 11.1 Å². The van der Waals surface area contributed by atoms with Crippen LogP contribution in [0.15, 0.2) is 54.6 Å². The molecule has 0 aliphatic rings. The number of amides is 1. The molecule has 25 heavy (non-hydrogen) atoms. The van der Waals surface area contributed by atoms with Gasteiger partial charge in [0.25, 0.3) is 0 Å². The predicted molar refractivity (Wildman–Crippen MR) is 108 cm³/mol. The minimum absolute atomic E-state index is 0.0823. The van der Waals surface area contributed by atoms with Gasteiger partial charge in [0.05, 0.1) is 5.75 Å². The molecule has 0 fully saturated rings. The Morgan fingerprint density at radius 3 is 2.40 bits per heavy atom. The van der Waals surface area contributed by atoms with E-state index in [2.05, 4.69) is 36.4 Å². The Morgan fingerprint density at radius 2 is 1.76 bits per heavy atom.